The van der Waals surface area contributed by atoms with Crippen molar-refractivity contribution in [2.45, 2.75) is 51.9 Å². The van der Waals surface area contributed by atoms with Crippen LogP contribution in [0.2, 0.25) is 0 Å². The van der Waals surface area contributed by atoms with Gasteiger partial charge in [-0.3, -0.25) is 5.41 Å². The molecule has 2 aliphatic rings. The van der Waals surface area contributed by atoms with E-state index in [4.69, 9.17) is 14.9 Å². The zero-order chi connectivity index (χ0) is 15.9. The Morgan fingerprint density at radius 1 is 1.19 bits per heavy atom. The van der Waals surface area contributed by atoms with Crippen molar-refractivity contribution in [2.24, 2.45) is 16.7 Å². The summed E-state index contributed by atoms with van der Waals surface area (Å²) in [4.78, 5) is 0. The maximum Gasteiger partial charge on any atom is 0.214 e. The van der Waals surface area contributed by atoms with Crippen molar-refractivity contribution < 1.29 is 9.47 Å². The summed E-state index contributed by atoms with van der Waals surface area (Å²) in [6.45, 7) is 5.44. The van der Waals surface area contributed by atoms with Crippen LogP contribution < -0.4 is 0 Å². The molecule has 110 valence electrons. The second-order valence-electron chi connectivity index (χ2n) is 5.75. The van der Waals surface area contributed by atoms with E-state index in [2.05, 4.69) is 6.07 Å². The minimum absolute atomic E-state index is 0.315. The van der Waals surface area contributed by atoms with E-state index in [0.717, 1.165) is 6.42 Å². The Bertz CT molecular complexity index is 582. The van der Waals surface area contributed by atoms with E-state index in [1.54, 1.807) is 13.8 Å². The number of fused-ring (bicyclic) bond motifs is 2. The molecule has 2 rings (SSSR count). The molecule has 2 aliphatic heterocycles. The molecule has 1 N–H and O–H groups in total. The van der Waals surface area contributed by atoms with Crippen LogP contribution in [0.5, 0.6) is 0 Å². The van der Waals surface area contributed by atoms with E-state index in [1.165, 1.54) is 0 Å². The van der Waals surface area contributed by atoms with Gasteiger partial charge in [0.2, 0.25) is 11.7 Å². The first kappa shape index (κ1) is 15.3. The monoisotopic (exact) mass is 286 g/mol. The van der Waals surface area contributed by atoms with Crippen LogP contribution in [0, 0.1) is 56.2 Å². The fourth-order valence-corrected chi connectivity index (χ4v) is 3.81. The van der Waals surface area contributed by atoms with Crippen molar-refractivity contribution in [1.82, 2.24) is 0 Å². The van der Waals surface area contributed by atoms with Crippen LogP contribution in [0.3, 0.4) is 0 Å². The first-order valence-corrected chi connectivity index (χ1v) is 7.12. The molecule has 0 spiro atoms. The highest BCUT2D eigenvalue weighted by Crippen LogP contribution is 2.63. The molecule has 0 radical (unpaired) electrons. The molecule has 4 unspecified atom stereocenters. The molecule has 0 amide bonds. The van der Waals surface area contributed by atoms with E-state index in [9.17, 15) is 15.8 Å². The number of nitriles is 3. The predicted molar refractivity (Wildman–Crippen MR) is 72.5 cm³/mol. The van der Waals surface area contributed by atoms with Crippen LogP contribution in [0.25, 0.3) is 0 Å². The summed E-state index contributed by atoms with van der Waals surface area (Å²) in [5, 5.41) is 37.4. The molecule has 2 heterocycles. The Balaban J connectivity index is 2.78. The van der Waals surface area contributed by atoms with Crippen molar-refractivity contribution in [3.8, 4) is 18.2 Å². The Morgan fingerprint density at radius 2 is 1.81 bits per heavy atom. The zero-order valence-corrected chi connectivity index (χ0v) is 12.4. The Labute approximate surface area is 124 Å². The number of hydrogen-bond acceptors (Lipinski definition) is 6. The fourth-order valence-electron chi connectivity index (χ4n) is 3.81. The Hall–Kier alpha value is -2.10. The van der Waals surface area contributed by atoms with Gasteiger partial charge in [-0.05, 0) is 12.8 Å². The smallest absolute Gasteiger partial charge is 0.214 e. The van der Waals surface area contributed by atoms with Gasteiger partial charge in [-0.25, -0.2) is 0 Å². The fraction of sp³-hybridized carbons (Fsp3) is 0.733. The average Bonchev–Trinajstić information content (AvgIpc) is 2.64. The Morgan fingerprint density at radius 3 is 2.24 bits per heavy atom. The van der Waals surface area contributed by atoms with E-state index in [-0.39, 0.29) is 5.90 Å². The first-order valence-electron chi connectivity index (χ1n) is 7.12. The lowest BCUT2D eigenvalue weighted by molar-refractivity contribution is -0.271. The third-order valence-electron chi connectivity index (χ3n) is 4.78. The summed E-state index contributed by atoms with van der Waals surface area (Å²) in [6.07, 6.45) is 0.935. The summed E-state index contributed by atoms with van der Waals surface area (Å²) < 4.78 is 11.5. The Kier molecular flexibility index (Phi) is 3.44. The minimum atomic E-state index is -1.72. The van der Waals surface area contributed by atoms with Gasteiger partial charge in [0.05, 0.1) is 30.2 Å². The second kappa shape index (κ2) is 4.72. The molecule has 6 heteroatoms. The van der Waals surface area contributed by atoms with Crippen molar-refractivity contribution in [3.63, 3.8) is 0 Å². The van der Waals surface area contributed by atoms with Crippen LogP contribution in [-0.4, -0.2) is 17.8 Å². The number of nitrogens with zero attached hydrogens (tertiary/aromatic N) is 3. The summed E-state index contributed by atoms with van der Waals surface area (Å²) in [6, 6.07) is 6.09. The third kappa shape index (κ3) is 1.50. The van der Waals surface area contributed by atoms with Crippen LogP contribution >= 0.6 is 0 Å². The summed E-state index contributed by atoms with van der Waals surface area (Å²) in [5.41, 5.74) is -3.29. The highest BCUT2D eigenvalue weighted by Gasteiger charge is 2.78. The topological polar surface area (TPSA) is 114 Å². The van der Waals surface area contributed by atoms with Gasteiger partial charge < -0.3 is 9.47 Å². The van der Waals surface area contributed by atoms with Gasteiger partial charge in [0, 0.05) is 6.92 Å². The van der Waals surface area contributed by atoms with Crippen LogP contribution in [-0.2, 0) is 9.47 Å². The van der Waals surface area contributed by atoms with E-state index in [0.29, 0.717) is 12.8 Å². The van der Waals surface area contributed by atoms with E-state index < -0.39 is 28.6 Å². The SMILES string of the molecule is CCCC1C2(C)OC(=N)C1(C#N)C(C#N)(C#N)C(CC)O2. The van der Waals surface area contributed by atoms with E-state index >= 15 is 0 Å². The molecule has 2 bridgehead atoms. The number of rotatable bonds is 3. The summed E-state index contributed by atoms with van der Waals surface area (Å²) in [7, 11) is 0. The van der Waals surface area contributed by atoms with Gasteiger partial charge in [0.25, 0.3) is 0 Å². The lowest BCUT2D eigenvalue weighted by Gasteiger charge is -2.48. The predicted octanol–water partition coefficient (Wildman–Crippen LogP) is 2.48. The lowest BCUT2D eigenvalue weighted by Crippen LogP contribution is -2.61. The molecule has 6 nitrogen and oxygen atoms in total. The zero-order valence-electron chi connectivity index (χ0n) is 12.4. The molecule has 0 saturated carbocycles. The van der Waals surface area contributed by atoms with Gasteiger partial charge in [-0.2, -0.15) is 15.8 Å². The highest BCUT2D eigenvalue weighted by atomic mass is 16.7. The van der Waals surface area contributed by atoms with Gasteiger partial charge in [-0.15, -0.1) is 0 Å². The molecule has 0 aromatic carbocycles. The lowest BCUT2D eigenvalue weighted by atomic mass is 9.53. The molecule has 0 aromatic rings. The third-order valence-corrected chi connectivity index (χ3v) is 4.78. The van der Waals surface area contributed by atoms with Crippen LogP contribution in [0.4, 0.5) is 0 Å². The summed E-state index contributed by atoms with van der Waals surface area (Å²) >= 11 is 0. The largest absolute Gasteiger partial charge is 0.448 e. The molecule has 4 atom stereocenters. The van der Waals surface area contributed by atoms with Gasteiger partial charge in [-0.1, -0.05) is 20.3 Å². The quantitative estimate of drug-likeness (QED) is 0.856. The molecule has 2 fully saturated rings. The minimum Gasteiger partial charge on any atom is -0.448 e. The van der Waals surface area contributed by atoms with Crippen molar-refractivity contribution >= 4 is 5.90 Å². The molecule has 0 aliphatic carbocycles. The van der Waals surface area contributed by atoms with Gasteiger partial charge in [0.1, 0.15) is 0 Å². The molecule has 21 heavy (non-hydrogen) atoms. The highest BCUT2D eigenvalue weighted by molar-refractivity contribution is 5.89. The van der Waals surface area contributed by atoms with Crippen molar-refractivity contribution in [3.05, 3.63) is 0 Å². The van der Waals surface area contributed by atoms with E-state index in [1.807, 2.05) is 19.1 Å². The normalized spacial score (nSPS) is 39.7. The molecule has 0 aromatic heterocycles. The van der Waals surface area contributed by atoms with Crippen LogP contribution in [0.15, 0.2) is 0 Å². The maximum atomic E-state index is 9.83. The molecular weight excluding hydrogens is 268 g/mol. The van der Waals surface area contributed by atoms with Gasteiger partial charge in [0.15, 0.2) is 10.8 Å². The van der Waals surface area contributed by atoms with Crippen LogP contribution in [0.1, 0.15) is 40.0 Å². The number of hydrogen-bond donors (Lipinski definition) is 1. The van der Waals surface area contributed by atoms with Gasteiger partial charge >= 0.3 is 0 Å². The molecule has 2 saturated heterocycles. The number of nitrogens with one attached hydrogen (secondary N) is 1. The maximum absolute atomic E-state index is 9.83. The summed E-state index contributed by atoms with van der Waals surface area (Å²) in [5.74, 6) is -1.94. The standard InChI is InChI=1S/C15H18N4O2/c1-4-6-10-13(3)20-11(5-2)14(7-16,8-17)15(10,9-18)12(19)21-13/h10-11,19H,4-6H2,1-3H3. The first-order chi connectivity index (χ1) is 9.92. The average molecular weight is 286 g/mol. The van der Waals surface area contributed by atoms with Crippen molar-refractivity contribution in [1.29, 1.82) is 21.2 Å². The second-order valence-corrected chi connectivity index (χ2v) is 5.75. The van der Waals surface area contributed by atoms with Crippen molar-refractivity contribution in [2.75, 3.05) is 0 Å². The molecular formula is C15H18N4O2. The number of ether oxygens (including phenoxy) is 2.